The first kappa shape index (κ1) is 12.2. The van der Waals surface area contributed by atoms with Crippen molar-refractivity contribution in [1.29, 1.82) is 0 Å². The molecule has 3 nitrogen and oxygen atoms in total. The summed E-state index contributed by atoms with van der Waals surface area (Å²) < 4.78 is 0. The van der Waals surface area contributed by atoms with Crippen molar-refractivity contribution in [1.82, 2.24) is 9.97 Å². The van der Waals surface area contributed by atoms with Crippen molar-refractivity contribution in [2.24, 2.45) is 0 Å². The molecule has 98 valence electrons. The van der Waals surface area contributed by atoms with E-state index in [9.17, 15) is 0 Å². The van der Waals surface area contributed by atoms with Gasteiger partial charge >= 0.3 is 0 Å². The Balaban J connectivity index is 1.66. The van der Waals surface area contributed by atoms with Crippen LogP contribution in [0.3, 0.4) is 0 Å². The lowest BCUT2D eigenvalue weighted by Crippen LogP contribution is -2.24. The summed E-state index contributed by atoms with van der Waals surface area (Å²) in [5.41, 5.74) is 4.07. The second-order valence-corrected chi connectivity index (χ2v) is 5.13. The van der Waals surface area contributed by atoms with Crippen molar-refractivity contribution in [3.8, 4) is 0 Å². The number of hydrogen-bond donors (Lipinski definition) is 1. The van der Waals surface area contributed by atoms with Gasteiger partial charge in [0.05, 0.1) is 0 Å². The van der Waals surface area contributed by atoms with Gasteiger partial charge < -0.3 is 5.32 Å². The van der Waals surface area contributed by atoms with Gasteiger partial charge in [0.1, 0.15) is 11.6 Å². The number of anilines is 1. The van der Waals surface area contributed by atoms with Crippen LogP contribution in [0.25, 0.3) is 0 Å². The third-order valence-corrected chi connectivity index (χ3v) is 3.74. The Hall–Kier alpha value is -1.90. The molecule has 0 bridgehead atoms. The standard InChI is InChI=1S/C16H19N3/c1-3-14-9-16(19-11(2)18-14)17-10-13-8-12-6-4-5-7-15(12)13/h4-7,9,13H,3,8,10H2,1-2H3,(H,17,18,19). The molecule has 0 radical (unpaired) electrons. The van der Waals surface area contributed by atoms with Crippen LogP contribution in [-0.4, -0.2) is 16.5 Å². The molecule has 1 aliphatic rings. The van der Waals surface area contributed by atoms with E-state index in [-0.39, 0.29) is 0 Å². The molecule has 1 heterocycles. The van der Waals surface area contributed by atoms with Crippen LogP contribution < -0.4 is 5.32 Å². The van der Waals surface area contributed by atoms with Crippen LogP contribution in [-0.2, 0) is 12.8 Å². The monoisotopic (exact) mass is 253 g/mol. The van der Waals surface area contributed by atoms with Gasteiger partial charge in [-0.25, -0.2) is 9.97 Å². The Kier molecular flexibility index (Phi) is 3.20. The van der Waals surface area contributed by atoms with Crippen LogP contribution in [0.1, 0.15) is 35.5 Å². The van der Waals surface area contributed by atoms with Crippen molar-refractivity contribution in [2.75, 3.05) is 11.9 Å². The maximum absolute atomic E-state index is 4.45. The van der Waals surface area contributed by atoms with Crippen LogP contribution in [0, 0.1) is 6.92 Å². The highest BCUT2D eigenvalue weighted by Crippen LogP contribution is 2.34. The Morgan fingerprint density at radius 3 is 2.89 bits per heavy atom. The van der Waals surface area contributed by atoms with E-state index < -0.39 is 0 Å². The minimum absolute atomic E-state index is 0.622. The normalized spacial score (nSPS) is 16.6. The molecule has 0 saturated heterocycles. The van der Waals surface area contributed by atoms with Crippen molar-refractivity contribution in [3.05, 3.63) is 53.0 Å². The molecule has 3 heteroatoms. The zero-order chi connectivity index (χ0) is 13.2. The summed E-state index contributed by atoms with van der Waals surface area (Å²) in [4.78, 5) is 8.84. The number of aromatic nitrogens is 2. The van der Waals surface area contributed by atoms with E-state index in [1.54, 1.807) is 0 Å². The minimum Gasteiger partial charge on any atom is -0.369 e. The largest absolute Gasteiger partial charge is 0.369 e. The number of aryl methyl sites for hydroxylation is 2. The van der Waals surface area contributed by atoms with Crippen LogP contribution in [0.15, 0.2) is 30.3 Å². The zero-order valence-electron chi connectivity index (χ0n) is 11.5. The summed E-state index contributed by atoms with van der Waals surface area (Å²) in [5, 5.41) is 3.45. The summed E-state index contributed by atoms with van der Waals surface area (Å²) in [6, 6.07) is 10.7. The molecule has 1 aromatic carbocycles. The fraction of sp³-hybridized carbons (Fsp3) is 0.375. The Morgan fingerprint density at radius 1 is 1.26 bits per heavy atom. The van der Waals surface area contributed by atoms with Crippen molar-refractivity contribution in [3.63, 3.8) is 0 Å². The van der Waals surface area contributed by atoms with Gasteiger partial charge in [-0.1, -0.05) is 31.2 Å². The van der Waals surface area contributed by atoms with E-state index in [1.165, 1.54) is 17.5 Å². The lowest BCUT2D eigenvalue weighted by atomic mass is 9.77. The molecule has 1 aliphatic carbocycles. The molecule has 1 unspecified atom stereocenters. The Morgan fingerprint density at radius 2 is 2.11 bits per heavy atom. The van der Waals surface area contributed by atoms with Crippen LogP contribution in [0.4, 0.5) is 5.82 Å². The second kappa shape index (κ2) is 5.00. The second-order valence-electron chi connectivity index (χ2n) is 5.13. The highest BCUT2D eigenvalue weighted by molar-refractivity contribution is 5.43. The average Bonchev–Trinajstić information content (AvgIpc) is 2.39. The molecule has 0 spiro atoms. The smallest absolute Gasteiger partial charge is 0.129 e. The topological polar surface area (TPSA) is 37.8 Å². The fourth-order valence-corrected chi connectivity index (χ4v) is 2.67. The van der Waals surface area contributed by atoms with Gasteiger partial charge in [-0.3, -0.25) is 0 Å². The van der Waals surface area contributed by atoms with Crippen LogP contribution in [0.2, 0.25) is 0 Å². The number of nitrogens with zero attached hydrogens (tertiary/aromatic N) is 2. The fourth-order valence-electron chi connectivity index (χ4n) is 2.67. The third kappa shape index (κ3) is 2.46. The number of nitrogens with one attached hydrogen (secondary N) is 1. The molecular formula is C16H19N3. The number of rotatable bonds is 4. The Bertz CT molecular complexity index is 592. The first-order valence-electron chi connectivity index (χ1n) is 6.92. The molecule has 0 fully saturated rings. The van der Waals surface area contributed by atoms with Crippen LogP contribution in [0.5, 0.6) is 0 Å². The molecule has 2 aromatic rings. The van der Waals surface area contributed by atoms with E-state index in [0.29, 0.717) is 5.92 Å². The van der Waals surface area contributed by atoms with Gasteiger partial charge in [-0.05, 0) is 30.9 Å². The van der Waals surface area contributed by atoms with Gasteiger partial charge in [0.25, 0.3) is 0 Å². The molecule has 0 aliphatic heterocycles. The van der Waals surface area contributed by atoms with Crippen molar-refractivity contribution in [2.45, 2.75) is 32.6 Å². The molecule has 1 aromatic heterocycles. The molecule has 19 heavy (non-hydrogen) atoms. The third-order valence-electron chi connectivity index (χ3n) is 3.74. The van der Waals surface area contributed by atoms with Gasteiger partial charge in [-0.15, -0.1) is 0 Å². The predicted molar refractivity (Wildman–Crippen MR) is 77.5 cm³/mol. The van der Waals surface area contributed by atoms with E-state index in [0.717, 1.165) is 30.3 Å². The summed E-state index contributed by atoms with van der Waals surface area (Å²) in [5.74, 6) is 2.42. The quantitative estimate of drug-likeness (QED) is 0.909. The minimum atomic E-state index is 0.622. The number of hydrogen-bond acceptors (Lipinski definition) is 3. The predicted octanol–water partition coefficient (Wildman–Crippen LogP) is 3.10. The van der Waals surface area contributed by atoms with E-state index >= 15 is 0 Å². The zero-order valence-corrected chi connectivity index (χ0v) is 11.5. The van der Waals surface area contributed by atoms with E-state index in [4.69, 9.17) is 0 Å². The molecular weight excluding hydrogens is 234 g/mol. The molecule has 1 N–H and O–H groups in total. The van der Waals surface area contributed by atoms with Gasteiger partial charge in [0.2, 0.25) is 0 Å². The maximum atomic E-state index is 4.45. The summed E-state index contributed by atoms with van der Waals surface area (Å²) in [6.45, 7) is 5.02. The highest BCUT2D eigenvalue weighted by atomic mass is 15.0. The molecule has 1 atom stereocenters. The van der Waals surface area contributed by atoms with E-state index in [1.807, 2.05) is 6.92 Å². The Labute approximate surface area is 114 Å². The summed E-state index contributed by atoms with van der Waals surface area (Å²) in [6.07, 6.45) is 2.12. The lowest BCUT2D eigenvalue weighted by molar-refractivity contribution is 0.634. The molecule has 0 saturated carbocycles. The lowest BCUT2D eigenvalue weighted by Gasteiger charge is -2.30. The number of fused-ring (bicyclic) bond motifs is 1. The average molecular weight is 253 g/mol. The van der Waals surface area contributed by atoms with E-state index in [2.05, 4.69) is 52.5 Å². The van der Waals surface area contributed by atoms with Gasteiger partial charge in [0, 0.05) is 24.2 Å². The number of benzene rings is 1. The van der Waals surface area contributed by atoms with Crippen molar-refractivity contribution < 1.29 is 0 Å². The molecule has 3 rings (SSSR count). The maximum Gasteiger partial charge on any atom is 0.129 e. The molecule has 0 amide bonds. The van der Waals surface area contributed by atoms with Gasteiger partial charge in [-0.2, -0.15) is 0 Å². The first-order valence-corrected chi connectivity index (χ1v) is 6.92. The van der Waals surface area contributed by atoms with Crippen molar-refractivity contribution >= 4 is 5.82 Å². The summed E-state index contributed by atoms with van der Waals surface area (Å²) in [7, 11) is 0. The van der Waals surface area contributed by atoms with Gasteiger partial charge in [0.15, 0.2) is 0 Å². The highest BCUT2D eigenvalue weighted by Gasteiger charge is 2.24. The first-order chi connectivity index (χ1) is 9.26. The summed E-state index contributed by atoms with van der Waals surface area (Å²) >= 11 is 0. The SMILES string of the molecule is CCc1cc(NCC2Cc3ccccc32)nc(C)n1. The van der Waals surface area contributed by atoms with Crippen LogP contribution >= 0.6 is 0 Å².